The molecule has 0 aliphatic carbocycles. The Hall–Kier alpha value is -3.57. The lowest BCUT2D eigenvalue weighted by atomic mass is 10.0. The van der Waals surface area contributed by atoms with Crippen LogP contribution in [-0.2, 0) is 25.7 Å². The van der Waals surface area contributed by atoms with E-state index in [2.05, 4.69) is 46.4 Å². The molecule has 0 atom stereocenters. The number of hydrogen-bond acceptors (Lipinski definition) is 3. The van der Waals surface area contributed by atoms with Crippen molar-refractivity contribution < 1.29 is 5.11 Å². The monoisotopic (exact) mass is 440 g/mol. The molecule has 0 fully saturated rings. The highest BCUT2D eigenvalue weighted by Crippen LogP contribution is 2.36. The Kier molecular flexibility index (Phi) is 4.51. The molecule has 32 heavy (non-hydrogen) atoms. The van der Waals surface area contributed by atoms with Crippen LogP contribution in [0.4, 0.5) is 0 Å². The van der Waals surface area contributed by atoms with Crippen LogP contribution < -0.4 is 0 Å². The fourth-order valence-corrected chi connectivity index (χ4v) is 4.73. The average Bonchev–Trinajstić information content (AvgIpc) is 3.56. The van der Waals surface area contributed by atoms with E-state index >= 15 is 0 Å². The van der Waals surface area contributed by atoms with Crippen molar-refractivity contribution in [1.82, 2.24) is 19.9 Å². The molecule has 158 valence electrons. The number of halogens is 1. The number of rotatable bonds is 1. The third kappa shape index (κ3) is 3.55. The molecule has 0 amide bonds. The molecule has 0 spiro atoms. The van der Waals surface area contributed by atoms with E-state index in [-0.39, 0.29) is 5.75 Å². The predicted octanol–water partition coefficient (Wildman–Crippen LogP) is 5.91. The van der Waals surface area contributed by atoms with Gasteiger partial charge in [0, 0.05) is 55.3 Å². The van der Waals surface area contributed by atoms with Gasteiger partial charge in [-0.25, -0.2) is 0 Å². The van der Waals surface area contributed by atoms with Crippen molar-refractivity contribution in [3.8, 4) is 16.9 Å². The number of nitrogens with one attached hydrogen (secondary N) is 2. The quantitative estimate of drug-likeness (QED) is 0.344. The summed E-state index contributed by atoms with van der Waals surface area (Å²) in [6.45, 7) is 0. The van der Waals surface area contributed by atoms with Gasteiger partial charge < -0.3 is 15.1 Å². The van der Waals surface area contributed by atoms with Gasteiger partial charge in [-0.2, -0.15) is 0 Å². The molecule has 0 saturated carbocycles. The first-order valence-electron chi connectivity index (χ1n) is 10.8. The number of nitrogens with zero attached hydrogens (tertiary/aromatic N) is 2. The number of hydrogen-bond donors (Lipinski definition) is 3. The van der Waals surface area contributed by atoms with Crippen molar-refractivity contribution in [3.05, 3.63) is 88.5 Å². The molecular weight excluding hydrogens is 420 g/mol. The summed E-state index contributed by atoms with van der Waals surface area (Å²) in [7, 11) is 0. The van der Waals surface area contributed by atoms with Crippen molar-refractivity contribution >= 4 is 33.7 Å². The van der Waals surface area contributed by atoms with Gasteiger partial charge in [-0.05, 0) is 86.3 Å². The third-order valence-electron chi connectivity index (χ3n) is 6.00. The van der Waals surface area contributed by atoms with Crippen LogP contribution in [0.15, 0.2) is 60.7 Å². The zero-order valence-electron chi connectivity index (χ0n) is 17.3. The highest BCUT2D eigenvalue weighted by molar-refractivity contribution is 6.33. The zero-order chi connectivity index (χ0) is 21.7. The van der Waals surface area contributed by atoms with Crippen LogP contribution in [-0.4, -0.2) is 25.0 Å². The second kappa shape index (κ2) is 7.53. The minimum absolute atomic E-state index is 0.176. The van der Waals surface area contributed by atoms with E-state index in [1.165, 1.54) is 0 Å². The summed E-state index contributed by atoms with van der Waals surface area (Å²) in [5, 5.41) is 10.7. The van der Waals surface area contributed by atoms with Crippen LogP contribution in [0.3, 0.4) is 0 Å². The summed E-state index contributed by atoms with van der Waals surface area (Å²) in [5.74, 6) is 0.176. The standard InChI is InChI=1S/C26H21ClN4O/c27-23-8-7-21(32)14-22(23)26-24-9-5-19(30-24)12-17-3-1-15(28-17)11-16-2-4-18(29-16)13-20-6-10-25(26)31-20/h1,3,6-8,10-14,28,31-32H,2,4-5,9H2. The van der Waals surface area contributed by atoms with Gasteiger partial charge >= 0.3 is 0 Å². The van der Waals surface area contributed by atoms with Gasteiger partial charge in [-0.15, -0.1) is 0 Å². The van der Waals surface area contributed by atoms with E-state index in [9.17, 15) is 5.11 Å². The normalized spacial score (nSPS) is 13.4. The maximum Gasteiger partial charge on any atom is 0.116 e. The van der Waals surface area contributed by atoms with Gasteiger partial charge in [0.1, 0.15) is 5.75 Å². The predicted molar refractivity (Wildman–Crippen MR) is 128 cm³/mol. The number of benzene rings is 1. The molecule has 5 heterocycles. The Balaban J connectivity index is 1.72. The van der Waals surface area contributed by atoms with Crippen molar-refractivity contribution in [2.45, 2.75) is 25.7 Å². The minimum Gasteiger partial charge on any atom is -0.508 e. The molecule has 0 saturated heterocycles. The summed E-state index contributed by atoms with van der Waals surface area (Å²) in [5.41, 5.74) is 9.78. The lowest BCUT2D eigenvalue weighted by Gasteiger charge is -2.08. The summed E-state index contributed by atoms with van der Waals surface area (Å²) >= 11 is 6.58. The number of aromatic nitrogens is 4. The third-order valence-corrected chi connectivity index (χ3v) is 6.33. The molecule has 3 N–H and O–H groups in total. The maximum atomic E-state index is 10.2. The summed E-state index contributed by atoms with van der Waals surface area (Å²) in [4.78, 5) is 16.7. The zero-order valence-corrected chi connectivity index (χ0v) is 18.1. The van der Waals surface area contributed by atoms with Crippen LogP contribution in [0, 0.1) is 0 Å². The van der Waals surface area contributed by atoms with Crippen molar-refractivity contribution in [2.24, 2.45) is 0 Å². The first-order valence-corrected chi connectivity index (χ1v) is 11.1. The molecule has 5 nitrogen and oxygen atoms in total. The first kappa shape index (κ1) is 19.1. The second-order valence-corrected chi connectivity index (χ2v) is 8.72. The van der Waals surface area contributed by atoms with Crippen LogP contribution in [0.1, 0.15) is 22.8 Å². The highest BCUT2D eigenvalue weighted by Gasteiger charge is 2.17. The van der Waals surface area contributed by atoms with Gasteiger partial charge in [0.05, 0.1) is 5.69 Å². The van der Waals surface area contributed by atoms with Gasteiger partial charge in [0.25, 0.3) is 0 Å². The number of aryl methyl sites for hydroxylation is 4. The molecule has 2 aliphatic heterocycles. The largest absolute Gasteiger partial charge is 0.508 e. The van der Waals surface area contributed by atoms with Crippen molar-refractivity contribution in [3.63, 3.8) is 0 Å². The van der Waals surface area contributed by atoms with E-state index in [1.54, 1.807) is 18.2 Å². The highest BCUT2D eigenvalue weighted by atomic mass is 35.5. The molecule has 6 rings (SSSR count). The number of phenols is 1. The number of aromatic hydroxyl groups is 1. The van der Waals surface area contributed by atoms with E-state index in [0.717, 1.165) is 81.7 Å². The lowest BCUT2D eigenvalue weighted by molar-refractivity contribution is 0.475. The van der Waals surface area contributed by atoms with Crippen LogP contribution in [0.5, 0.6) is 5.75 Å². The van der Waals surface area contributed by atoms with Gasteiger partial charge in [0.15, 0.2) is 0 Å². The Labute approximate surface area is 189 Å². The second-order valence-electron chi connectivity index (χ2n) is 8.31. The smallest absolute Gasteiger partial charge is 0.116 e. The molecule has 2 aliphatic rings. The Morgan fingerprint density at radius 3 is 2.06 bits per heavy atom. The van der Waals surface area contributed by atoms with Gasteiger partial charge in [-0.3, -0.25) is 9.97 Å². The topological polar surface area (TPSA) is 77.6 Å². The summed E-state index contributed by atoms with van der Waals surface area (Å²) in [6.07, 6.45) is 3.49. The number of H-pyrrole nitrogens is 2. The molecular formula is C26H21ClN4O. The molecule has 0 radical (unpaired) electrons. The average molecular weight is 441 g/mol. The van der Waals surface area contributed by atoms with E-state index in [0.29, 0.717) is 5.02 Å². The van der Waals surface area contributed by atoms with Crippen molar-refractivity contribution in [2.75, 3.05) is 0 Å². The molecule has 1 aromatic carbocycles. The molecule has 8 bridgehead atoms. The molecule has 3 aromatic heterocycles. The van der Waals surface area contributed by atoms with E-state index < -0.39 is 0 Å². The summed E-state index contributed by atoms with van der Waals surface area (Å²) in [6, 6.07) is 19.6. The Morgan fingerprint density at radius 2 is 1.31 bits per heavy atom. The molecule has 4 aromatic rings. The SMILES string of the molecule is Oc1ccc(Cl)c(-c2c3nc(cc4ccc(cc5nc(cc6ccc2[nH]6)CC5)[nH]4)CC3)c1. The fraction of sp³-hybridized carbons (Fsp3) is 0.154. The Morgan fingerprint density at radius 1 is 0.688 bits per heavy atom. The number of fused-ring (bicyclic) bond motifs is 8. The maximum absolute atomic E-state index is 10.2. The van der Waals surface area contributed by atoms with Gasteiger partial charge in [0.2, 0.25) is 0 Å². The molecule has 0 unspecified atom stereocenters. The summed E-state index contributed by atoms with van der Waals surface area (Å²) < 4.78 is 0. The van der Waals surface area contributed by atoms with E-state index in [4.69, 9.17) is 21.6 Å². The van der Waals surface area contributed by atoms with Crippen molar-refractivity contribution in [1.29, 1.82) is 0 Å². The van der Waals surface area contributed by atoms with Crippen LogP contribution in [0.25, 0.3) is 33.2 Å². The number of aromatic amines is 2. The van der Waals surface area contributed by atoms with Gasteiger partial charge in [-0.1, -0.05) is 11.6 Å². The van der Waals surface area contributed by atoms with Crippen LogP contribution in [0.2, 0.25) is 5.02 Å². The number of phenolic OH excluding ortho intramolecular Hbond substituents is 1. The van der Waals surface area contributed by atoms with Crippen LogP contribution >= 0.6 is 11.6 Å². The molecule has 6 heteroatoms. The van der Waals surface area contributed by atoms with E-state index in [1.807, 2.05) is 6.07 Å². The minimum atomic E-state index is 0.176. The Bertz CT molecular complexity index is 1520. The first-order chi connectivity index (χ1) is 15.6. The fourth-order valence-electron chi connectivity index (χ4n) is 4.52. The lowest BCUT2D eigenvalue weighted by Crippen LogP contribution is -1.89.